The third kappa shape index (κ3) is 4.00. The van der Waals surface area contributed by atoms with Crippen LogP contribution < -0.4 is 0 Å². The van der Waals surface area contributed by atoms with Gasteiger partial charge in [-0.2, -0.15) is 5.10 Å². The molecule has 1 aromatic carbocycles. The summed E-state index contributed by atoms with van der Waals surface area (Å²) in [5.74, 6) is -0.474. The Hall–Kier alpha value is -2.93. The number of halogens is 1. The molecule has 2 aromatic heterocycles. The van der Waals surface area contributed by atoms with Gasteiger partial charge >= 0.3 is 0 Å². The highest BCUT2D eigenvalue weighted by atomic mass is 19.1. The first-order chi connectivity index (χ1) is 12.6. The standard InChI is InChI=1S/C19H20FN3O3/c1-22-18(11-17(21-22)15-3-5-16(20)6-4-15)19(24)23(8-10-25-2)12-14-7-9-26-13-14/h3-7,9,11,13H,8,10,12H2,1-2H3. The van der Waals surface area contributed by atoms with Crippen LogP contribution in [-0.2, 0) is 18.3 Å². The average molecular weight is 357 g/mol. The summed E-state index contributed by atoms with van der Waals surface area (Å²) in [5.41, 5.74) is 2.71. The number of aryl methyl sites for hydroxylation is 1. The minimum atomic E-state index is -0.313. The van der Waals surface area contributed by atoms with Crippen molar-refractivity contribution in [2.45, 2.75) is 6.54 Å². The fourth-order valence-electron chi connectivity index (χ4n) is 2.65. The SMILES string of the molecule is COCCN(Cc1ccoc1)C(=O)c1cc(-c2ccc(F)cc2)nn1C. The molecule has 2 heterocycles. The molecule has 0 radical (unpaired) electrons. The number of hydrogen-bond donors (Lipinski definition) is 0. The fourth-order valence-corrected chi connectivity index (χ4v) is 2.65. The lowest BCUT2D eigenvalue weighted by atomic mass is 10.1. The van der Waals surface area contributed by atoms with Crippen molar-refractivity contribution in [1.82, 2.24) is 14.7 Å². The highest BCUT2D eigenvalue weighted by Crippen LogP contribution is 2.20. The highest BCUT2D eigenvalue weighted by molar-refractivity contribution is 5.93. The molecule has 1 amide bonds. The van der Waals surface area contributed by atoms with Gasteiger partial charge in [0.2, 0.25) is 0 Å². The molecule has 0 saturated heterocycles. The maximum atomic E-state index is 13.1. The maximum Gasteiger partial charge on any atom is 0.272 e. The molecule has 0 saturated carbocycles. The summed E-state index contributed by atoms with van der Waals surface area (Å²) in [6.07, 6.45) is 3.19. The van der Waals surface area contributed by atoms with E-state index in [1.165, 1.54) is 16.8 Å². The smallest absolute Gasteiger partial charge is 0.272 e. The number of ether oxygens (including phenoxy) is 1. The summed E-state index contributed by atoms with van der Waals surface area (Å²) < 4.78 is 24.9. The van der Waals surface area contributed by atoms with Crippen molar-refractivity contribution in [3.05, 3.63) is 66.0 Å². The van der Waals surface area contributed by atoms with Gasteiger partial charge in [-0.1, -0.05) is 0 Å². The molecule has 136 valence electrons. The van der Waals surface area contributed by atoms with Crippen molar-refractivity contribution in [2.75, 3.05) is 20.3 Å². The summed E-state index contributed by atoms with van der Waals surface area (Å²) in [5, 5.41) is 4.39. The van der Waals surface area contributed by atoms with Gasteiger partial charge < -0.3 is 14.1 Å². The van der Waals surface area contributed by atoms with Crippen molar-refractivity contribution in [2.24, 2.45) is 7.05 Å². The Morgan fingerprint density at radius 3 is 2.73 bits per heavy atom. The molecule has 0 atom stereocenters. The van der Waals surface area contributed by atoms with Crippen LogP contribution >= 0.6 is 0 Å². The summed E-state index contributed by atoms with van der Waals surface area (Å²) in [7, 11) is 3.31. The van der Waals surface area contributed by atoms with E-state index < -0.39 is 0 Å². The number of benzene rings is 1. The summed E-state index contributed by atoms with van der Waals surface area (Å²) in [4.78, 5) is 14.7. The Morgan fingerprint density at radius 1 is 1.31 bits per heavy atom. The van der Waals surface area contributed by atoms with Crippen LogP contribution in [0.3, 0.4) is 0 Å². The fraction of sp³-hybridized carbons (Fsp3) is 0.263. The predicted octanol–water partition coefficient (Wildman–Crippen LogP) is 3.11. The number of rotatable bonds is 7. The van der Waals surface area contributed by atoms with Crippen LogP contribution in [0.2, 0.25) is 0 Å². The second kappa shape index (κ2) is 7.97. The number of nitrogens with zero attached hydrogens (tertiary/aromatic N) is 3. The molecule has 3 rings (SSSR count). The highest BCUT2D eigenvalue weighted by Gasteiger charge is 2.21. The van der Waals surface area contributed by atoms with Crippen LogP contribution in [0.25, 0.3) is 11.3 Å². The summed E-state index contributed by atoms with van der Waals surface area (Å²) >= 11 is 0. The lowest BCUT2D eigenvalue weighted by molar-refractivity contribution is 0.0669. The van der Waals surface area contributed by atoms with Crippen LogP contribution in [0.5, 0.6) is 0 Å². The zero-order valence-corrected chi connectivity index (χ0v) is 14.7. The second-order valence-corrected chi connectivity index (χ2v) is 5.90. The molecule has 0 spiro atoms. The number of amides is 1. The number of furan rings is 1. The predicted molar refractivity (Wildman–Crippen MR) is 93.9 cm³/mol. The second-order valence-electron chi connectivity index (χ2n) is 5.90. The molecule has 7 heteroatoms. The zero-order chi connectivity index (χ0) is 18.5. The van der Waals surface area contributed by atoms with Gasteiger partial charge in [-0.05, 0) is 36.4 Å². The van der Waals surface area contributed by atoms with E-state index in [9.17, 15) is 9.18 Å². The first kappa shape index (κ1) is 17.9. The normalized spacial score (nSPS) is 10.9. The van der Waals surface area contributed by atoms with Crippen LogP contribution in [0.1, 0.15) is 16.1 Å². The van der Waals surface area contributed by atoms with Crippen LogP contribution in [0.15, 0.2) is 53.3 Å². The van der Waals surface area contributed by atoms with Gasteiger partial charge in [0.25, 0.3) is 5.91 Å². The number of carbonyl (C=O) groups excluding carboxylic acids is 1. The van der Waals surface area contributed by atoms with Gasteiger partial charge in [-0.3, -0.25) is 9.48 Å². The Balaban J connectivity index is 1.85. The molecule has 26 heavy (non-hydrogen) atoms. The molecule has 0 unspecified atom stereocenters. The van der Waals surface area contributed by atoms with Crippen molar-refractivity contribution in [3.63, 3.8) is 0 Å². The van der Waals surface area contributed by atoms with E-state index in [2.05, 4.69) is 5.10 Å². The number of methoxy groups -OCH3 is 1. The monoisotopic (exact) mass is 357 g/mol. The third-order valence-corrected chi connectivity index (χ3v) is 4.04. The summed E-state index contributed by atoms with van der Waals surface area (Å²) in [6.45, 7) is 1.28. The van der Waals surface area contributed by atoms with Crippen LogP contribution in [0, 0.1) is 5.82 Å². The molecule has 3 aromatic rings. The Labute approximate surface area is 150 Å². The van der Waals surface area contributed by atoms with E-state index in [0.29, 0.717) is 31.1 Å². The lowest BCUT2D eigenvalue weighted by Gasteiger charge is -2.21. The molecule has 0 aliphatic heterocycles. The van der Waals surface area contributed by atoms with Crippen molar-refractivity contribution in [1.29, 1.82) is 0 Å². The third-order valence-electron chi connectivity index (χ3n) is 4.04. The lowest BCUT2D eigenvalue weighted by Crippen LogP contribution is -2.34. The van der Waals surface area contributed by atoms with Gasteiger partial charge in [0, 0.05) is 38.4 Å². The largest absolute Gasteiger partial charge is 0.472 e. The Kier molecular flexibility index (Phi) is 5.48. The van der Waals surface area contributed by atoms with Crippen molar-refractivity contribution >= 4 is 5.91 Å². The molecule has 0 bridgehead atoms. The molecule has 0 aliphatic rings. The Morgan fingerprint density at radius 2 is 2.08 bits per heavy atom. The number of carbonyl (C=O) groups is 1. The topological polar surface area (TPSA) is 60.5 Å². The quantitative estimate of drug-likeness (QED) is 0.652. The average Bonchev–Trinajstić information content (AvgIpc) is 3.28. The van der Waals surface area contributed by atoms with E-state index >= 15 is 0 Å². The van der Waals surface area contributed by atoms with Gasteiger partial charge in [-0.25, -0.2) is 4.39 Å². The van der Waals surface area contributed by atoms with Gasteiger partial charge in [0.15, 0.2) is 0 Å². The minimum Gasteiger partial charge on any atom is -0.472 e. The maximum absolute atomic E-state index is 13.1. The van der Waals surface area contributed by atoms with Crippen molar-refractivity contribution < 1.29 is 18.3 Å². The molecular weight excluding hydrogens is 337 g/mol. The van der Waals surface area contributed by atoms with Crippen LogP contribution in [0.4, 0.5) is 4.39 Å². The molecule has 0 N–H and O–H groups in total. The molecular formula is C19H20FN3O3. The van der Waals surface area contributed by atoms with Gasteiger partial charge in [0.1, 0.15) is 11.5 Å². The van der Waals surface area contributed by atoms with Gasteiger partial charge in [0.05, 0.1) is 24.8 Å². The zero-order valence-electron chi connectivity index (χ0n) is 14.7. The first-order valence-electron chi connectivity index (χ1n) is 8.17. The van der Waals surface area contributed by atoms with E-state index in [1.54, 1.807) is 49.8 Å². The molecule has 0 fully saturated rings. The first-order valence-corrected chi connectivity index (χ1v) is 8.17. The Bertz CT molecular complexity index is 857. The number of aromatic nitrogens is 2. The van der Waals surface area contributed by atoms with E-state index in [4.69, 9.17) is 9.15 Å². The minimum absolute atomic E-state index is 0.161. The van der Waals surface area contributed by atoms with E-state index in [-0.39, 0.29) is 11.7 Å². The van der Waals surface area contributed by atoms with Crippen LogP contribution in [-0.4, -0.2) is 40.8 Å². The van der Waals surface area contributed by atoms with Crippen molar-refractivity contribution in [3.8, 4) is 11.3 Å². The van der Waals surface area contributed by atoms with E-state index in [1.807, 2.05) is 6.07 Å². The number of hydrogen-bond acceptors (Lipinski definition) is 4. The molecule has 6 nitrogen and oxygen atoms in total. The molecule has 0 aliphatic carbocycles. The van der Waals surface area contributed by atoms with Gasteiger partial charge in [-0.15, -0.1) is 0 Å². The van der Waals surface area contributed by atoms with E-state index in [0.717, 1.165) is 11.1 Å². The summed E-state index contributed by atoms with van der Waals surface area (Å²) in [6, 6.07) is 9.55.